The molecule has 0 bridgehead atoms. The zero-order chi connectivity index (χ0) is 13.7. The number of piperidine rings is 1. The van der Waals surface area contributed by atoms with Gasteiger partial charge in [-0.15, -0.1) is 0 Å². The number of nitrogens with zero attached hydrogens (tertiary/aromatic N) is 2. The first-order chi connectivity index (χ1) is 9.20. The highest BCUT2D eigenvalue weighted by Crippen LogP contribution is 2.13. The molecule has 100 valence electrons. The number of pyridine rings is 1. The van der Waals surface area contributed by atoms with E-state index in [-0.39, 0.29) is 12.5 Å². The van der Waals surface area contributed by atoms with Crippen LogP contribution in [0.2, 0.25) is 0 Å². The van der Waals surface area contributed by atoms with Crippen molar-refractivity contribution in [2.45, 2.75) is 18.9 Å². The van der Waals surface area contributed by atoms with Gasteiger partial charge in [-0.3, -0.25) is 9.78 Å². The Balaban J connectivity index is 2.14. The fourth-order valence-corrected chi connectivity index (χ4v) is 2.10. The van der Waals surface area contributed by atoms with Crippen LogP contribution < -0.4 is 5.73 Å². The number of hydrogen-bond donors (Lipinski definition) is 2. The Morgan fingerprint density at radius 1 is 1.58 bits per heavy atom. The number of β-amino-alcohol motifs (C(OH)–C–C–N with tert-alkyl or cyclic N) is 1. The average molecular weight is 259 g/mol. The van der Waals surface area contributed by atoms with Gasteiger partial charge in [0.15, 0.2) is 0 Å². The summed E-state index contributed by atoms with van der Waals surface area (Å²) in [6.45, 7) is 1.34. The van der Waals surface area contributed by atoms with Crippen molar-refractivity contribution in [3.63, 3.8) is 0 Å². The van der Waals surface area contributed by atoms with Crippen LogP contribution in [0.15, 0.2) is 18.5 Å². The summed E-state index contributed by atoms with van der Waals surface area (Å²) < 4.78 is 0. The Kier molecular flexibility index (Phi) is 4.50. The number of carbonyl (C=O) groups is 1. The van der Waals surface area contributed by atoms with Gasteiger partial charge in [0.2, 0.25) is 0 Å². The van der Waals surface area contributed by atoms with Gasteiger partial charge >= 0.3 is 0 Å². The zero-order valence-corrected chi connectivity index (χ0v) is 10.7. The molecule has 1 aromatic heterocycles. The van der Waals surface area contributed by atoms with Gasteiger partial charge in [-0.25, -0.2) is 0 Å². The summed E-state index contributed by atoms with van der Waals surface area (Å²) >= 11 is 0. The van der Waals surface area contributed by atoms with Crippen LogP contribution >= 0.6 is 0 Å². The minimum Gasteiger partial charge on any atom is -0.391 e. The number of aliphatic hydroxyl groups excluding tert-OH is 1. The lowest BCUT2D eigenvalue weighted by atomic mass is 10.1. The molecule has 0 aromatic carbocycles. The van der Waals surface area contributed by atoms with Crippen molar-refractivity contribution in [3.05, 3.63) is 29.6 Å². The summed E-state index contributed by atoms with van der Waals surface area (Å²) in [5, 5.41) is 9.60. The lowest BCUT2D eigenvalue weighted by molar-refractivity contribution is 0.0473. The third-order valence-electron chi connectivity index (χ3n) is 3.00. The molecule has 1 saturated heterocycles. The van der Waals surface area contributed by atoms with Crippen molar-refractivity contribution in [3.8, 4) is 11.8 Å². The number of nitrogens with two attached hydrogens (primary N) is 1. The van der Waals surface area contributed by atoms with E-state index in [9.17, 15) is 9.90 Å². The Morgan fingerprint density at radius 2 is 2.42 bits per heavy atom. The second-order valence-electron chi connectivity index (χ2n) is 4.52. The molecule has 0 spiro atoms. The summed E-state index contributed by atoms with van der Waals surface area (Å²) in [5.41, 5.74) is 6.48. The van der Waals surface area contributed by atoms with Crippen molar-refractivity contribution in [1.29, 1.82) is 0 Å². The SMILES string of the molecule is NCC#Cc1cncc(C(=O)N2CCCC(O)C2)c1. The van der Waals surface area contributed by atoms with Crippen LogP contribution in [0, 0.1) is 11.8 Å². The van der Waals surface area contributed by atoms with E-state index in [0.29, 0.717) is 24.2 Å². The predicted octanol–water partition coefficient (Wildman–Crippen LogP) is -0.0113. The third-order valence-corrected chi connectivity index (χ3v) is 3.00. The minimum absolute atomic E-state index is 0.109. The molecule has 2 heterocycles. The van der Waals surface area contributed by atoms with Crippen LogP contribution in [0.25, 0.3) is 0 Å². The Morgan fingerprint density at radius 3 is 3.16 bits per heavy atom. The van der Waals surface area contributed by atoms with Crippen molar-refractivity contribution >= 4 is 5.91 Å². The summed E-state index contributed by atoms with van der Waals surface area (Å²) in [5.74, 6) is 5.48. The number of likely N-dealkylation sites (tertiary alicyclic amines) is 1. The van der Waals surface area contributed by atoms with E-state index in [0.717, 1.165) is 12.8 Å². The highest BCUT2D eigenvalue weighted by Gasteiger charge is 2.23. The molecule has 1 unspecified atom stereocenters. The quantitative estimate of drug-likeness (QED) is 0.695. The van der Waals surface area contributed by atoms with Crippen LogP contribution in [0.3, 0.4) is 0 Å². The molecule has 3 N–H and O–H groups in total. The van der Waals surface area contributed by atoms with E-state index in [1.165, 1.54) is 6.20 Å². The van der Waals surface area contributed by atoms with Crippen LogP contribution in [0.5, 0.6) is 0 Å². The van der Waals surface area contributed by atoms with Crippen LogP contribution in [0.1, 0.15) is 28.8 Å². The molecule has 1 fully saturated rings. The zero-order valence-electron chi connectivity index (χ0n) is 10.7. The van der Waals surface area contributed by atoms with Crippen LogP contribution in [-0.2, 0) is 0 Å². The first kappa shape index (κ1) is 13.5. The molecule has 2 rings (SSSR count). The standard InChI is InChI=1S/C14H17N3O2/c15-5-1-3-11-7-12(9-16-8-11)14(19)17-6-2-4-13(18)10-17/h7-9,13,18H,2,4-6,10,15H2. The Bertz CT molecular complexity index is 519. The fraction of sp³-hybridized carbons (Fsp3) is 0.429. The molecule has 1 amide bonds. The van der Waals surface area contributed by atoms with Gasteiger partial charge in [0.25, 0.3) is 5.91 Å². The maximum atomic E-state index is 12.3. The van der Waals surface area contributed by atoms with E-state index in [2.05, 4.69) is 16.8 Å². The maximum Gasteiger partial charge on any atom is 0.255 e. The van der Waals surface area contributed by atoms with Gasteiger partial charge in [0.05, 0.1) is 18.2 Å². The topological polar surface area (TPSA) is 79.5 Å². The number of hydrogen-bond acceptors (Lipinski definition) is 4. The molecule has 1 aliphatic heterocycles. The molecule has 0 saturated carbocycles. The van der Waals surface area contributed by atoms with E-state index in [1.807, 2.05) is 0 Å². The summed E-state index contributed by atoms with van der Waals surface area (Å²) in [7, 11) is 0. The molecule has 0 radical (unpaired) electrons. The predicted molar refractivity (Wildman–Crippen MR) is 71.3 cm³/mol. The van der Waals surface area contributed by atoms with Crippen LogP contribution in [-0.4, -0.2) is 46.6 Å². The van der Waals surface area contributed by atoms with Gasteiger partial charge in [-0.05, 0) is 18.9 Å². The minimum atomic E-state index is -0.425. The van der Waals surface area contributed by atoms with Crippen LogP contribution in [0.4, 0.5) is 0 Å². The second-order valence-corrected chi connectivity index (χ2v) is 4.52. The highest BCUT2D eigenvalue weighted by molar-refractivity contribution is 5.94. The molecular weight excluding hydrogens is 242 g/mol. The molecule has 1 aromatic rings. The summed E-state index contributed by atoms with van der Waals surface area (Å²) in [6.07, 6.45) is 4.28. The first-order valence-corrected chi connectivity index (χ1v) is 6.32. The summed E-state index contributed by atoms with van der Waals surface area (Å²) in [4.78, 5) is 18.0. The molecule has 19 heavy (non-hydrogen) atoms. The van der Waals surface area contributed by atoms with Crippen molar-refractivity contribution in [2.75, 3.05) is 19.6 Å². The largest absolute Gasteiger partial charge is 0.391 e. The monoisotopic (exact) mass is 259 g/mol. The van der Waals surface area contributed by atoms with E-state index in [4.69, 9.17) is 5.73 Å². The molecule has 5 heteroatoms. The van der Waals surface area contributed by atoms with E-state index in [1.54, 1.807) is 17.2 Å². The number of amides is 1. The van der Waals surface area contributed by atoms with Gasteiger partial charge in [0.1, 0.15) is 0 Å². The van der Waals surface area contributed by atoms with E-state index < -0.39 is 6.10 Å². The summed E-state index contributed by atoms with van der Waals surface area (Å²) in [6, 6.07) is 1.71. The fourth-order valence-electron chi connectivity index (χ4n) is 2.10. The number of aromatic nitrogens is 1. The lowest BCUT2D eigenvalue weighted by Crippen LogP contribution is -2.42. The number of aliphatic hydroxyl groups is 1. The lowest BCUT2D eigenvalue weighted by Gasteiger charge is -2.30. The van der Waals surface area contributed by atoms with Gasteiger partial charge in [0, 0.05) is 31.0 Å². The van der Waals surface area contributed by atoms with E-state index >= 15 is 0 Å². The number of carbonyl (C=O) groups excluding carboxylic acids is 1. The van der Waals surface area contributed by atoms with Crippen molar-refractivity contribution < 1.29 is 9.90 Å². The Hall–Kier alpha value is -1.90. The molecule has 1 aliphatic rings. The molecular formula is C14H17N3O2. The molecule has 5 nitrogen and oxygen atoms in total. The van der Waals surface area contributed by atoms with Gasteiger partial charge in [-0.1, -0.05) is 11.8 Å². The first-order valence-electron chi connectivity index (χ1n) is 6.32. The third kappa shape index (κ3) is 3.53. The molecule has 0 aliphatic carbocycles. The maximum absolute atomic E-state index is 12.3. The normalized spacial score (nSPS) is 18.6. The smallest absolute Gasteiger partial charge is 0.255 e. The molecule has 1 atom stereocenters. The van der Waals surface area contributed by atoms with Crippen molar-refractivity contribution in [2.24, 2.45) is 5.73 Å². The highest BCUT2D eigenvalue weighted by atomic mass is 16.3. The average Bonchev–Trinajstić information content (AvgIpc) is 2.44. The van der Waals surface area contributed by atoms with Crippen molar-refractivity contribution in [1.82, 2.24) is 9.88 Å². The second kappa shape index (κ2) is 6.32. The number of rotatable bonds is 1. The Labute approximate surface area is 112 Å². The van der Waals surface area contributed by atoms with Gasteiger partial charge < -0.3 is 15.7 Å². The van der Waals surface area contributed by atoms with Gasteiger partial charge in [-0.2, -0.15) is 0 Å².